The van der Waals surface area contributed by atoms with Crippen molar-refractivity contribution in [2.45, 2.75) is 25.4 Å². The van der Waals surface area contributed by atoms with E-state index in [1.807, 2.05) is 11.0 Å². The molecule has 2 aromatic rings. The minimum atomic E-state index is -0.332. The lowest BCUT2D eigenvalue weighted by Crippen LogP contribution is -2.55. The van der Waals surface area contributed by atoms with Crippen LogP contribution in [0, 0.1) is 5.82 Å². The van der Waals surface area contributed by atoms with Gasteiger partial charge in [0.2, 0.25) is 5.95 Å². The molecule has 2 aliphatic heterocycles. The van der Waals surface area contributed by atoms with Gasteiger partial charge in [0.25, 0.3) is 0 Å². The molecular formula is C22H29FN6O2. The van der Waals surface area contributed by atoms with Gasteiger partial charge < -0.3 is 19.9 Å². The number of piperidine rings is 1. The van der Waals surface area contributed by atoms with Gasteiger partial charge in [0.05, 0.1) is 7.11 Å². The van der Waals surface area contributed by atoms with Crippen LogP contribution in [-0.4, -0.2) is 78.2 Å². The van der Waals surface area contributed by atoms with Crippen LogP contribution in [0.5, 0.6) is 5.75 Å². The molecule has 0 aliphatic carbocycles. The van der Waals surface area contributed by atoms with Crippen LogP contribution in [0.1, 0.15) is 18.4 Å². The van der Waals surface area contributed by atoms with Crippen LogP contribution < -0.4 is 15.0 Å². The predicted molar refractivity (Wildman–Crippen MR) is 116 cm³/mol. The zero-order valence-electron chi connectivity index (χ0n) is 17.8. The lowest BCUT2D eigenvalue weighted by molar-refractivity contribution is 0.166. The SMILES string of the molecule is COc1ccc(CN2CCC(NC(=O)N3CCN(c4ncccn4)CC3)CC2)cc1F. The number of nitrogens with one attached hydrogen (secondary N) is 1. The first-order valence-electron chi connectivity index (χ1n) is 10.7. The Morgan fingerprint density at radius 2 is 1.84 bits per heavy atom. The highest BCUT2D eigenvalue weighted by molar-refractivity contribution is 5.74. The van der Waals surface area contributed by atoms with E-state index in [-0.39, 0.29) is 23.6 Å². The van der Waals surface area contributed by atoms with Crippen molar-refractivity contribution < 1.29 is 13.9 Å². The number of carbonyl (C=O) groups is 1. The maximum atomic E-state index is 13.9. The number of hydrogen-bond donors (Lipinski definition) is 1. The van der Waals surface area contributed by atoms with Gasteiger partial charge in [0.15, 0.2) is 11.6 Å². The number of hydrogen-bond acceptors (Lipinski definition) is 6. The fourth-order valence-corrected chi connectivity index (χ4v) is 4.13. The molecule has 2 saturated heterocycles. The molecule has 8 nitrogen and oxygen atoms in total. The smallest absolute Gasteiger partial charge is 0.317 e. The Morgan fingerprint density at radius 1 is 1.13 bits per heavy atom. The van der Waals surface area contributed by atoms with Gasteiger partial charge in [-0.2, -0.15) is 0 Å². The van der Waals surface area contributed by atoms with E-state index >= 15 is 0 Å². The second kappa shape index (κ2) is 9.91. The van der Waals surface area contributed by atoms with E-state index in [1.54, 1.807) is 24.5 Å². The molecule has 4 rings (SSSR count). The topological polar surface area (TPSA) is 73.8 Å². The maximum Gasteiger partial charge on any atom is 0.317 e. The largest absolute Gasteiger partial charge is 0.494 e. The second-order valence-electron chi connectivity index (χ2n) is 7.99. The highest BCUT2D eigenvalue weighted by Crippen LogP contribution is 2.20. The molecule has 2 fully saturated rings. The molecule has 0 radical (unpaired) electrons. The normalized spacial score (nSPS) is 18.1. The standard InChI is InChI=1S/C22H29FN6O2/c1-31-20-4-3-17(15-19(20)23)16-27-9-5-18(6-10-27)26-22(30)29-13-11-28(12-14-29)21-24-7-2-8-25-21/h2-4,7-8,15,18H,5-6,9-14,16H2,1H3,(H,26,30). The lowest BCUT2D eigenvalue weighted by atomic mass is 10.0. The Balaban J connectivity index is 1.19. The van der Waals surface area contributed by atoms with E-state index in [1.165, 1.54) is 13.2 Å². The Hall–Kier alpha value is -2.94. The van der Waals surface area contributed by atoms with E-state index in [0.717, 1.165) is 44.6 Å². The fraction of sp³-hybridized carbons (Fsp3) is 0.500. The van der Waals surface area contributed by atoms with Crippen molar-refractivity contribution in [3.63, 3.8) is 0 Å². The minimum absolute atomic E-state index is 0.00399. The Labute approximate surface area is 182 Å². The Bertz CT molecular complexity index is 868. The molecule has 166 valence electrons. The zero-order valence-corrected chi connectivity index (χ0v) is 17.8. The van der Waals surface area contributed by atoms with Crippen molar-refractivity contribution in [2.75, 3.05) is 51.3 Å². The molecule has 0 saturated carbocycles. The highest BCUT2D eigenvalue weighted by atomic mass is 19.1. The summed E-state index contributed by atoms with van der Waals surface area (Å²) < 4.78 is 18.9. The fourth-order valence-electron chi connectivity index (χ4n) is 4.13. The van der Waals surface area contributed by atoms with E-state index < -0.39 is 0 Å². The highest BCUT2D eigenvalue weighted by Gasteiger charge is 2.26. The number of halogens is 1. The van der Waals surface area contributed by atoms with Crippen LogP contribution in [0.3, 0.4) is 0 Å². The van der Waals surface area contributed by atoms with E-state index in [0.29, 0.717) is 25.6 Å². The molecule has 2 amide bonds. The maximum absolute atomic E-state index is 13.9. The number of nitrogens with zero attached hydrogens (tertiary/aromatic N) is 5. The van der Waals surface area contributed by atoms with E-state index in [9.17, 15) is 9.18 Å². The van der Waals surface area contributed by atoms with Gasteiger partial charge in [-0.25, -0.2) is 19.2 Å². The number of aromatic nitrogens is 2. The van der Waals surface area contributed by atoms with Crippen molar-refractivity contribution in [3.8, 4) is 5.75 Å². The van der Waals surface area contributed by atoms with Crippen LogP contribution in [-0.2, 0) is 6.54 Å². The summed E-state index contributed by atoms with van der Waals surface area (Å²) in [5.74, 6) is 0.648. The van der Waals surface area contributed by atoms with Crippen molar-refractivity contribution in [3.05, 3.63) is 48.0 Å². The number of piperazine rings is 1. The number of carbonyl (C=O) groups excluding carboxylic acids is 1. The van der Waals surface area contributed by atoms with E-state index in [2.05, 4.69) is 25.1 Å². The molecule has 31 heavy (non-hydrogen) atoms. The van der Waals surface area contributed by atoms with Gasteiger partial charge >= 0.3 is 6.03 Å². The van der Waals surface area contributed by atoms with Crippen LogP contribution >= 0.6 is 0 Å². The second-order valence-corrected chi connectivity index (χ2v) is 7.99. The predicted octanol–water partition coefficient (Wildman–Crippen LogP) is 2.12. The summed E-state index contributed by atoms with van der Waals surface area (Å²) in [4.78, 5) is 27.5. The van der Waals surface area contributed by atoms with Crippen molar-refractivity contribution in [2.24, 2.45) is 0 Å². The minimum Gasteiger partial charge on any atom is -0.494 e. The summed E-state index contributed by atoms with van der Waals surface area (Å²) in [6.45, 7) is 5.22. The average molecular weight is 429 g/mol. The molecule has 9 heteroatoms. The first-order chi connectivity index (χ1) is 15.1. The quantitative estimate of drug-likeness (QED) is 0.787. The molecule has 1 N–H and O–H groups in total. The number of amides is 2. The number of urea groups is 1. The van der Waals surface area contributed by atoms with Gasteiger partial charge in [0.1, 0.15) is 0 Å². The number of anilines is 1. The third kappa shape index (κ3) is 5.41. The molecule has 2 aliphatic rings. The molecule has 3 heterocycles. The van der Waals surface area contributed by atoms with Gasteiger partial charge in [-0.15, -0.1) is 0 Å². The van der Waals surface area contributed by atoms with Gasteiger partial charge in [-0.1, -0.05) is 6.07 Å². The molecule has 0 bridgehead atoms. The van der Waals surface area contributed by atoms with Crippen molar-refractivity contribution in [1.29, 1.82) is 0 Å². The number of rotatable bonds is 5. The Kier molecular flexibility index (Phi) is 6.81. The molecular weight excluding hydrogens is 399 g/mol. The monoisotopic (exact) mass is 428 g/mol. The number of ether oxygens (including phenoxy) is 1. The van der Waals surface area contributed by atoms with Gasteiger partial charge in [-0.05, 0) is 36.6 Å². The number of likely N-dealkylation sites (tertiary alicyclic amines) is 1. The Morgan fingerprint density at radius 3 is 2.48 bits per heavy atom. The van der Waals surface area contributed by atoms with E-state index in [4.69, 9.17) is 4.74 Å². The van der Waals surface area contributed by atoms with Gasteiger partial charge in [0, 0.05) is 64.2 Å². The van der Waals surface area contributed by atoms with Crippen LogP contribution in [0.25, 0.3) is 0 Å². The van der Waals surface area contributed by atoms with Crippen molar-refractivity contribution >= 4 is 12.0 Å². The molecule has 0 spiro atoms. The van der Waals surface area contributed by atoms with Crippen LogP contribution in [0.2, 0.25) is 0 Å². The summed E-state index contributed by atoms with van der Waals surface area (Å²) in [6.07, 6.45) is 5.25. The first-order valence-corrected chi connectivity index (χ1v) is 10.7. The molecule has 1 aromatic carbocycles. The number of benzene rings is 1. The molecule has 0 unspecified atom stereocenters. The third-order valence-corrected chi connectivity index (χ3v) is 5.94. The third-order valence-electron chi connectivity index (χ3n) is 5.94. The summed E-state index contributed by atoms with van der Waals surface area (Å²) >= 11 is 0. The molecule has 0 atom stereocenters. The summed E-state index contributed by atoms with van der Waals surface area (Å²) in [7, 11) is 1.47. The zero-order chi connectivity index (χ0) is 21.6. The first kappa shape index (κ1) is 21.3. The average Bonchev–Trinajstić information content (AvgIpc) is 2.81. The van der Waals surface area contributed by atoms with Crippen molar-refractivity contribution in [1.82, 2.24) is 25.1 Å². The molecule has 1 aromatic heterocycles. The lowest BCUT2D eigenvalue weighted by Gasteiger charge is -2.37. The summed E-state index contributed by atoms with van der Waals surface area (Å²) in [5.41, 5.74) is 0.932. The van der Waals surface area contributed by atoms with Crippen LogP contribution in [0.4, 0.5) is 15.1 Å². The number of methoxy groups -OCH3 is 1. The van der Waals surface area contributed by atoms with Gasteiger partial charge in [-0.3, -0.25) is 4.90 Å². The summed E-state index contributed by atoms with van der Waals surface area (Å²) in [6, 6.07) is 7.08. The van der Waals surface area contributed by atoms with Crippen LogP contribution in [0.15, 0.2) is 36.7 Å². The summed E-state index contributed by atoms with van der Waals surface area (Å²) in [5, 5.41) is 3.19.